The van der Waals surface area contributed by atoms with E-state index in [4.69, 9.17) is 16.2 Å². The number of nitrogens with two attached hydrogens (primary N) is 2. The number of aromatic nitrogens is 2. The number of nitrogen functional groups attached to an aromatic ring is 2. The van der Waals surface area contributed by atoms with Crippen molar-refractivity contribution in [3.05, 3.63) is 47.8 Å². The standard InChI is InChI=1S/C16H16FN5O/c1-23-14-5-2-9(6-12(14)17)8-20-10-3-4-13-11(7-10)15(18)22-16(19)21-13/h2-7,20H,8H2,1H3,(H4,18,19,21,22). The highest BCUT2D eigenvalue weighted by molar-refractivity contribution is 5.91. The average Bonchev–Trinajstić information content (AvgIpc) is 2.53. The lowest BCUT2D eigenvalue weighted by atomic mass is 10.2. The first kappa shape index (κ1) is 14.8. The third-order valence-corrected chi connectivity index (χ3v) is 3.46. The van der Waals surface area contributed by atoms with Gasteiger partial charge in [-0.25, -0.2) is 9.37 Å². The van der Waals surface area contributed by atoms with Crippen molar-refractivity contribution in [3.8, 4) is 5.75 Å². The lowest BCUT2D eigenvalue weighted by molar-refractivity contribution is 0.386. The van der Waals surface area contributed by atoms with Crippen LogP contribution < -0.4 is 21.5 Å². The van der Waals surface area contributed by atoms with Crippen molar-refractivity contribution in [3.63, 3.8) is 0 Å². The number of hydrogen-bond donors (Lipinski definition) is 3. The minimum atomic E-state index is -0.390. The van der Waals surface area contributed by atoms with Gasteiger partial charge < -0.3 is 21.5 Å². The predicted molar refractivity (Wildman–Crippen MR) is 88.6 cm³/mol. The monoisotopic (exact) mass is 313 g/mol. The minimum Gasteiger partial charge on any atom is -0.494 e. The number of ether oxygens (including phenoxy) is 1. The molecule has 3 aromatic rings. The molecule has 0 unspecified atom stereocenters. The first-order chi connectivity index (χ1) is 11.1. The Morgan fingerprint density at radius 2 is 1.96 bits per heavy atom. The van der Waals surface area contributed by atoms with Gasteiger partial charge in [-0.15, -0.1) is 0 Å². The van der Waals surface area contributed by atoms with Crippen molar-refractivity contribution in [2.75, 3.05) is 23.9 Å². The Hall–Kier alpha value is -3.09. The van der Waals surface area contributed by atoms with Crippen LogP contribution in [0.15, 0.2) is 36.4 Å². The first-order valence-corrected chi connectivity index (χ1v) is 6.96. The van der Waals surface area contributed by atoms with Crippen LogP contribution in [0.5, 0.6) is 5.75 Å². The fraction of sp³-hybridized carbons (Fsp3) is 0.125. The summed E-state index contributed by atoms with van der Waals surface area (Å²) in [6.07, 6.45) is 0. The van der Waals surface area contributed by atoms with Gasteiger partial charge in [0.2, 0.25) is 5.95 Å². The van der Waals surface area contributed by atoms with Crippen LogP contribution in [0.3, 0.4) is 0 Å². The lowest BCUT2D eigenvalue weighted by Crippen LogP contribution is -2.03. The van der Waals surface area contributed by atoms with E-state index < -0.39 is 5.82 Å². The predicted octanol–water partition coefficient (Wildman–Crippen LogP) is 2.55. The van der Waals surface area contributed by atoms with Gasteiger partial charge in [-0.2, -0.15) is 4.98 Å². The molecule has 118 valence electrons. The molecule has 0 aliphatic rings. The molecule has 1 aromatic heterocycles. The van der Waals surface area contributed by atoms with Gasteiger partial charge in [0.05, 0.1) is 12.6 Å². The third kappa shape index (κ3) is 3.08. The van der Waals surface area contributed by atoms with E-state index in [2.05, 4.69) is 15.3 Å². The molecule has 0 aliphatic heterocycles. The van der Waals surface area contributed by atoms with Crippen LogP contribution >= 0.6 is 0 Å². The number of halogens is 1. The Morgan fingerprint density at radius 3 is 2.70 bits per heavy atom. The molecule has 23 heavy (non-hydrogen) atoms. The molecule has 0 radical (unpaired) electrons. The van der Waals surface area contributed by atoms with E-state index in [1.54, 1.807) is 18.2 Å². The fourth-order valence-electron chi connectivity index (χ4n) is 2.30. The largest absolute Gasteiger partial charge is 0.494 e. The maximum Gasteiger partial charge on any atom is 0.222 e. The van der Waals surface area contributed by atoms with Gasteiger partial charge in [-0.3, -0.25) is 0 Å². The Kier molecular flexibility index (Phi) is 3.84. The van der Waals surface area contributed by atoms with Crippen LogP contribution in [0.1, 0.15) is 5.56 Å². The van der Waals surface area contributed by atoms with Crippen LogP contribution in [-0.4, -0.2) is 17.1 Å². The Morgan fingerprint density at radius 1 is 1.13 bits per heavy atom. The van der Waals surface area contributed by atoms with E-state index in [9.17, 15) is 4.39 Å². The van der Waals surface area contributed by atoms with Crippen LogP contribution in [0.4, 0.5) is 21.8 Å². The van der Waals surface area contributed by atoms with Crippen LogP contribution in [0, 0.1) is 5.82 Å². The number of rotatable bonds is 4. The maximum absolute atomic E-state index is 13.7. The third-order valence-electron chi connectivity index (χ3n) is 3.46. The minimum absolute atomic E-state index is 0.143. The number of nitrogens with zero attached hydrogens (tertiary/aromatic N) is 2. The van der Waals surface area contributed by atoms with Crippen molar-refractivity contribution < 1.29 is 9.13 Å². The molecule has 0 saturated carbocycles. The van der Waals surface area contributed by atoms with Gasteiger partial charge in [0.25, 0.3) is 0 Å². The maximum atomic E-state index is 13.7. The molecule has 3 rings (SSSR count). The summed E-state index contributed by atoms with van der Waals surface area (Å²) in [7, 11) is 1.44. The van der Waals surface area contributed by atoms with E-state index in [-0.39, 0.29) is 11.7 Å². The highest BCUT2D eigenvalue weighted by Gasteiger charge is 2.06. The molecule has 0 fully saturated rings. The molecule has 1 heterocycles. The SMILES string of the molecule is COc1ccc(CNc2ccc3nc(N)nc(N)c3c2)cc1F. The van der Waals surface area contributed by atoms with Crippen molar-refractivity contribution >= 4 is 28.4 Å². The highest BCUT2D eigenvalue weighted by atomic mass is 19.1. The number of methoxy groups -OCH3 is 1. The van der Waals surface area contributed by atoms with Gasteiger partial charge >= 0.3 is 0 Å². The molecule has 0 atom stereocenters. The summed E-state index contributed by atoms with van der Waals surface area (Å²) in [6, 6.07) is 10.3. The summed E-state index contributed by atoms with van der Waals surface area (Å²) in [5.74, 6) is 0.302. The molecule has 5 N–H and O–H groups in total. The Balaban J connectivity index is 1.80. The summed E-state index contributed by atoms with van der Waals surface area (Å²) in [4.78, 5) is 8.07. The number of fused-ring (bicyclic) bond motifs is 1. The lowest BCUT2D eigenvalue weighted by Gasteiger charge is -2.10. The average molecular weight is 313 g/mol. The number of hydrogen-bond acceptors (Lipinski definition) is 6. The van der Waals surface area contributed by atoms with E-state index in [0.29, 0.717) is 23.3 Å². The molecule has 0 saturated heterocycles. The summed E-state index contributed by atoms with van der Waals surface area (Å²) in [6.45, 7) is 0.460. The number of benzene rings is 2. The quantitative estimate of drug-likeness (QED) is 0.684. The van der Waals surface area contributed by atoms with Crippen molar-refractivity contribution in [1.29, 1.82) is 0 Å². The molecule has 0 aliphatic carbocycles. The molecule has 0 spiro atoms. The molecular formula is C16H16FN5O. The second-order valence-corrected chi connectivity index (χ2v) is 5.02. The van der Waals surface area contributed by atoms with Crippen LogP contribution in [0.2, 0.25) is 0 Å². The normalized spacial score (nSPS) is 10.7. The van der Waals surface area contributed by atoms with Crippen molar-refractivity contribution in [2.45, 2.75) is 6.54 Å². The van der Waals surface area contributed by atoms with E-state index in [0.717, 1.165) is 11.3 Å². The summed E-state index contributed by atoms with van der Waals surface area (Å²) < 4.78 is 18.6. The number of anilines is 3. The van der Waals surface area contributed by atoms with Gasteiger partial charge in [0, 0.05) is 17.6 Å². The fourth-order valence-corrected chi connectivity index (χ4v) is 2.30. The van der Waals surface area contributed by atoms with Gasteiger partial charge in [0.1, 0.15) is 5.82 Å². The van der Waals surface area contributed by atoms with Crippen LogP contribution in [-0.2, 0) is 6.54 Å². The van der Waals surface area contributed by atoms with E-state index >= 15 is 0 Å². The van der Waals surface area contributed by atoms with Gasteiger partial charge in [-0.1, -0.05) is 6.07 Å². The molecule has 7 heteroatoms. The summed E-state index contributed by atoms with van der Waals surface area (Å²) in [5.41, 5.74) is 13.7. The Bertz CT molecular complexity index is 868. The molecule has 0 bridgehead atoms. The zero-order chi connectivity index (χ0) is 16.4. The van der Waals surface area contributed by atoms with E-state index in [1.807, 2.05) is 12.1 Å². The smallest absolute Gasteiger partial charge is 0.222 e. The van der Waals surface area contributed by atoms with Gasteiger partial charge in [-0.05, 0) is 35.9 Å². The second-order valence-electron chi connectivity index (χ2n) is 5.02. The molecule has 0 amide bonds. The zero-order valence-electron chi connectivity index (χ0n) is 12.5. The Labute approximate surface area is 132 Å². The topological polar surface area (TPSA) is 99.1 Å². The molecule has 2 aromatic carbocycles. The second kappa shape index (κ2) is 5.96. The van der Waals surface area contributed by atoms with E-state index in [1.165, 1.54) is 13.2 Å². The van der Waals surface area contributed by atoms with Gasteiger partial charge in [0.15, 0.2) is 11.6 Å². The van der Waals surface area contributed by atoms with Crippen molar-refractivity contribution in [2.24, 2.45) is 0 Å². The number of nitrogens with one attached hydrogen (secondary N) is 1. The zero-order valence-corrected chi connectivity index (χ0v) is 12.5. The molecular weight excluding hydrogens is 297 g/mol. The van der Waals surface area contributed by atoms with Crippen molar-refractivity contribution in [1.82, 2.24) is 9.97 Å². The summed E-state index contributed by atoms with van der Waals surface area (Å²) >= 11 is 0. The highest BCUT2D eigenvalue weighted by Crippen LogP contribution is 2.23. The summed E-state index contributed by atoms with van der Waals surface area (Å²) in [5, 5.41) is 3.92. The first-order valence-electron chi connectivity index (χ1n) is 6.96. The molecule has 6 nitrogen and oxygen atoms in total. The van der Waals surface area contributed by atoms with Crippen LogP contribution in [0.25, 0.3) is 10.9 Å².